The van der Waals surface area contributed by atoms with E-state index in [0.717, 1.165) is 17.5 Å². The zero-order valence-electron chi connectivity index (χ0n) is 13.2. The summed E-state index contributed by atoms with van der Waals surface area (Å²) in [5, 5.41) is 12.1. The third-order valence-corrected chi connectivity index (χ3v) is 3.58. The first-order valence-corrected chi connectivity index (χ1v) is 7.46. The number of alkyl halides is 3. The highest BCUT2D eigenvalue weighted by Gasteiger charge is 2.33. The Morgan fingerprint density at radius 1 is 1.12 bits per heavy atom. The van der Waals surface area contributed by atoms with E-state index in [2.05, 4.69) is 5.32 Å². The molecule has 2 aromatic carbocycles. The summed E-state index contributed by atoms with van der Waals surface area (Å²) < 4.78 is 44.5. The molecule has 0 atom stereocenters. The first-order valence-electron chi connectivity index (χ1n) is 7.46. The number of fused-ring (bicyclic) bond motifs is 1. The summed E-state index contributed by atoms with van der Waals surface area (Å²) in [6.07, 6.45) is -3.44. The molecule has 0 unspecified atom stereocenters. The smallest absolute Gasteiger partial charge is 0.418 e. The topological polar surface area (TPSA) is 66.0 Å². The van der Waals surface area contributed by atoms with Gasteiger partial charge in [-0.3, -0.25) is 4.79 Å². The van der Waals surface area contributed by atoms with Crippen molar-refractivity contribution in [1.29, 1.82) is 5.26 Å². The normalized spacial score (nSPS) is 12.0. The lowest BCUT2D eigenvalue weighted by atomic mass is 10.1. The van der Waals surface area contributed by atoms with E-state index in [4.69, 9.17) is 4.42 Å². The minimum atomic E-state index is -4.63. The van der Waals surface area contributed by atoms with E-state index in [-0.39, 0.29) is 11.3 Å². The van der Waals surface area contributed by atoms with Crippen molar-refractivity contribution in [1.82, 2.24) is 0 Å². The zero-order chi connectivity index (χ0) is 18.7. The van der Waals surface area contributed by atoms with Crippen molar-refractivity contribution in [2.45, 2.75) is 6.18 Å². The fourth-order valence-corrected chi connectivity index (χ4v) is 2.39. The van der Waals surface area contributed by atoms with Gasteiger partial charge in [-0.1, -0.05) is 30.3 Å². The standard InChI is InChI=1S/C19H11F3N2O2/c20-19(21,22)15-6-2-3-7-16(15)24-18(25)13(11-23)10-14-9-12-5-1-4-8-17(12)26-14/h1-10H,(H,24,25)/b13-10-. The Kier molecular flexibility index (Phi) is 4.50. The molecule has 0 saturated heterocycles. The van der Waals surface area contributed by atoms with Crippen LogP contribution in [0.25, 0.3) is 17.0 Å². The second-order valence-electron chi connectivity index (χ2n) is 5.35. The van der Waals surface area contributed by atoms with Gasteiger partial charge >= 0.3 is 6.18 Å². The number of halogens is 3. The van der Waals surface area contributed by atoms with Crippen molar-refractivity contribution in [2.24, 2.45) is 0 Å². The van der Waals surface area contributed by atoms with Gasteiger partial charge in [-0.2, -0.15) is 18.4 Å². The molecule has 1 amide bonds. The lowest BCUT2D eigenvalue weighted by Gasteiger charge is -2.13. The number of nitrogens with one attached hydrogen (secondary N) is 1. The first kappa shape index (κ1) is 17.3. The van der Waals surface area contributed by atoms with E-state index in [1.54, 1.807) is 36.4 Å². The van der Waals surface area contributed by atoms with Crippen LogP contribution in [0.2, 0.25) is 0 Å². The van der Waals surface area contributed by atoms with E-state index in [1.807, 2.05) is 0 Å². The summed E-state index contributed by atoms with van der Waals surface area (Å²) >= 11 is 0. The highest BCUT2D eigenvalue weighted by Crippen LogP contribution is 2.34. The van der Waals surface area contributed by atoms with Crippen LogP contribution in [0.4, 0.5) is 18.9 Å². The number of hydrogen-bond acceptors (Lipinski definition) is 3. The highest BCUT2D eigenvalue weighted by atomic mass is 19.4. The fraction of sp³-hybridized carbons (Fsp3) is 0.0526. The lowest BCUT2D eigenvalue weighted by molar-refractivity contribution is -0.137. The van der Waals surface area contributed by atoms with Crippen LogP contribution < -0.4 is 5.32 Å². The molecule has 1 N–H and O–H groups in total. The largest absolute Gasteiger partial charge is 0.457 e. The van der Waals surface area contributed by atoms with Gasteiger partial charge in [0.2, 0.25) is 0 Å². The molecule has 130 valence electrons. The van der Waals surface area contributed by atoms with Gasteiger partial charge in [0.25, 0.3) is 5.91 Å². The monoisotopic (exact) mass is 356 g/mol. The molecule has 1 heterocycles. The van der Waals surface area contributed by atoms with Gasteiger partial charge in [-0.05, 0) is 24.3 Å². The molecule has 4 nitrogen and oxygen atoms in total. The lowest BCUT2D eigenvalue weighted by Crippen LogP contribution is -2.17. The van der Waals surface area contributed by atoms with Crippen LogP contribution >= 0.6 is 0 Å². The molecular formula is C19H11F3N2O2. The molecule has 3 rings (SSSR count). The van der Waals surface area contributed by atoms with Crippen molar-refractivity contribution >= 4 is 28.6 Å². The Bertz CT molecular complexity index is 1010. The summed E-state index contributed by atoms with van der Waals surface area (Å²) in [6.45, 7) is 0. The van der Waals surface area contributed by atoms with Crippen molar-refractivity contribution in [3.63, 3.8) is 0 Å². The predicted octanol–water partition coefficient (Wildman–Crippen LogP) is 5.00. The van der Waals surface area contributed by atoms with Crippen molar-refractivity contribution in [3.8, 4) is 6.07 Å². The third-order valence-electron chi connectivity index (χ3n) is 3.58. The molecule has 0 aliphatic rings. The van der Waals surface area contributed by atoms with Gasteiger partial charge < -0.3 is 9.73 Å². The minimum Gasteiger partial charge on any atom is -0.457 e. The number of anilines is 1. The zero-order valence-corrected chi connectivity index (χ0v) is 13.2. The maximum absolute atomic E-state index is 13.0. The Labute approximate surface area is 146 Å². The van der Waals surface area contributed by atoms with Crippen LogP contribution in [0.3, 0.4) is 0 Å². The number of benzene rings is 2. The summed E-state index contributed by atoms with van der Waals surface area (Å²) in [4.78, 5) is 12.2. The quantitative estimate of drug-likeness (QED) is 0.531. The van der Waals surface area contributed by atoms with Gasteiger partial charge in [0.1, 0.15) is 23.0 Å². The summed E-state index contributed by atoms with van der Waals surface area (Å²) in [7, 11) is 0. The van der Waals surface area contributed by atoms with Crippen LogP contribution in [0.5, 0.6) is 0 Å². The van der Waals surface area contributed by atoms with Crippen LogP contribution in [0.15, 0.2) is 64.6 Å². The second-order valence-corrected chi connectivity index (χ2v) is 5.35. The summed E-state index contributed by atoms with van der Waals surface area (Å²) in [6, 6.07) is 14.9. The number of carbonyl (C=O) groups is 1. The Balaban J connectivity index is 1.90. The fourth-order valence-electron chi connectivity index (χ4n) is 2.39. The Morgan fingerprint density at radius 3 is 2.50 bits per heavy atom. The molecule has 1 aromatic heterocycles. The number of hydrogen-bond donors (Lipinski definition) is 1. The number of carbonyl (C=O) groups excluding carboxylic acids is 1. The van der Waals surface area contributed by atoms with E-state index < -0.39 is 23.3 Å². The number of para-hydroxylation sites is 2. The maximum Gasteiger partial charge on any atom is 0.418 e. The van der Waals surface area contributed by atoms with Gasteiger partial charge in [0.15, 0.2) is 0 Å². The van der Waals surface area contributed by atoms with Crippen LogP contribution in [-0.4, -0.2) is 5.91 Å². The second kappa shape index (κ2) is 6.76. The van der Waals surface area contributed by atoms with Gasteiger partial charge in [0.05, 0.1) is 11.3 Å². The maximum atomic E-state index is 13.0. The number of furan rings is 1. The Hall–Kier alpha value is -3.53. The SMILES string of the molecule is N#C/C(=C/c1cc2ccccc2o1)C(=O)Nc1ccccc1C(F)(F)F. The molecule has 0 saturated carbocycles. The molecule has 0 bridgehead atoms. The van der Waals surface area contributed by atoms with E-state index in [1.165, 1.54) is 18.2 Å². The van der Waals surface area contributed by atoms with Crippen molar-refractivity contribution in [2.75, 3.05) is 5.32 Å². The molecule has 3 aromatic rings. The van der Waals surface area contributed by atoms with Crippen molar-refractivity contribution < 1.29 is 22.4 Å². The molecule has 0 spiro atoms. The van der Waals surface area contributed by atoms with E-state index in [0.29, 0.717) is 5.58 Å². The van der Waals surface area contributed by atoms with Crippen LogP contribution in [0, 0.1) is 11.3 Å². The molecule has 0 aliphatic carbocycles. The number of rotatable bonds is 3. The molecule has 0 radical (unpaired) electrons. The average Bonchev–Trinajstić information content (AvgIpc) is 3.01. The van der Waals surface area contributed by atoms with E-state index >= 15 is 0 Å². The molecule has 7 heteroatoms. The molecular weight excluding hydrogens is 345 g/mol. The molecule has 0 fully saturated rings. The number of nitriles is 1. The third kappa shape index (κ3) is 3.59. The van der Waals surface area contributed by atoms with Gasteiger partial charge in [0, 0.05) is 11.5 Å². The average molecular weight is 356 g/mol. The number of nitrogens with zero attached hydrogens (tertiary/aromatic N) is 1. The minimum absolute atomic E-state index is 0.252. The summed E-state index contributed by atoms with van der Waals surface area (Å²) in [5.41, 5.74) is -1.22. The predicted molar refractivity (Wildman–Crippen MR) is 89.9 cm³/mol. The summed E-state index contributed by atoms with van der Waals surface area (Å²) in [5.74, 6) is -0.702. The van der Waals surface area contributed by atoms with Gasteiger partial charge in [-0.15, -0.1) is 0 Å². The molecule has 26 heavy (non-hydrogen) atoms. The molecule has 0 aliphatic heterocycles. The Morgan fingerprint density at radius 2 is 1.81 bits per heavy atom. The van der Waals surface area contributed by atoms with Crippen molar-refractivity contribution in [3.05, 3.63) is 71.5 Å². The highest BCUT2D eigenvalue weighted by molar-refractivity contribution is 6.10. The first-order chi connectivity index (χ1) is 12.4. The van der Waals surface area contributed by atoms with Crippen LogP contribution in [-0.2, 0) is 11.0 Å². The number of amides is 1. The van der Waals surface area contributed by atoms with Gasteiger partial charge in [-0.25, -0.2) is 0 Å². The van der Waals surface area contributed by atoms with E-state index in [9.17, 15) is 23.2 Å². The van der Waals surface area contributed by atoms with Crippen LogP contribution in [0.1, 0.15) is 11.3 Å².